The molecule has 116 valence electrons. The van der Waals surface area contributed by atoms with Crippen molar-refractivity contribution in [3.63, 3.8) is 0 Å². The molecule has 0 aromatic carbocycles. The lowest BCUT2D eigenvalue weighted by molar-refractivity contribution is 0.0691. The third-order valence-electron chi connectivity index (χ3n) is 2.96. The molecule has 0 saturated heterocycles. The van der Waals surface area contributed by atoms with Crippen molar-refractivity contribution >= 4 is 17.7 Å². The molecule has 3 N–H and O–H groups in total. The second kappa shape index (κ2) is 8.91. The minimum atomic E-state index is -1.17. The van der Waals surface area contributed by atoms with E-state index >= 15 is 0 Å². The Morgan fingerprint density at radius 2 is 2.10 bits per heavy atom. The van der Waals surface area contributed by atoms with Crippen molar-refractivity contribution < 1.29 is 14.7 Å². The SMILES string of the molecule is CCCN(CC)CCNC(=O)Nc1cccnc1C(=O)O. The molecular weight excluding hydrogens is 272 g/mol. The van der Waals surface area contributed by atoms with Crippen molar-refractivity contribution in [1.82, 2.24) is 15.2 Å². The normalized spacial score (nSPS) is 10.4. The Hall–Kier alpha value is -2.15. The van der Waals surface area contributed by atoms with Gasteiger partial charge in [-0.15, -0.1) is 0 Å². The first-order chi connectivity index (χ1) is 10.1. The fourth-order valence-electron chi connectivity index (χ4n) is 1.91. The highest BCUT2D eigenvalue weighted by Gasteiger charge is 2.13. The minimum absolute atomic E-state index is 0.172. The van der Waals surface area contributed by atoms with Crippen LogP contribution in [0.3, 0.4) is 0 Å². The van der Waals surface area contributed by atoms with Gasteiger partial charge in [-0.05, 0) is 31.6 Å². The van der Waals surface area contributed by atoms with Gasteiger partial charge in [0.25, 0.3) is 0 Å². The molecule has 0 spiro atoms. The Balaban J connectivity index is 2.46. The number of carboxylic acid groups (broad SMARTS) is 1. The van der Waals surface area contributed by atoms with E-state index in [1.807, 2.05) is 0 Å². The molecule has 0 fully saturated rings. The monoisotopic (exact) mass is 294 g/mol. The summed E-state index contributed by atoms with van der Waals surface area (Å²) >= 11 is 0. The lowest BCUT2D eigenvalue weighted by atomic mass is 10.3. The number of hydrogen-bond donors (Lipinski definition) is 3. The molecular formula is C14H22N4O3. The Labute approximate surface area is 124 Å². The molecule has 0 bridgehead atoms. The van der Waals surface area contributed by atoms with E-state index in [9.17, 15) is 9.59 Å². The summed E-state index contributed by atoms with van der Waals surface area (Å²) in [5.41, 5.74) is 0.0113. The van der Waals surface area contributed by atoms with Gasteiger partial charge in [0, 0.05) is 19.3 Å². The number of nitrogens with zero attached hydrogens (tertiary/aromatic N) is 2. The number of nitrogens with one attached hydrogen (secondary N) is 2. The summed E-state index contributed by atoms with van der Waals surface area (Å²) in [4.78, 5) is 28.7. The lowest BCUT2D eigenvalue weighted by Gasteiger charge is -2.19. The number of anilines is 1. The van der Waals surface area contributed by atoms with Crippen LogP contribution in [0.15, 0.2) is 18.3 Å². The Kier molecular flexibility index (Phi) is 7.17. The van der Waals surface area contributed by atoms with Crippen LogP contribution in [0.5, 0.6) is 0 Å². The predicted octanol–water partition coefficient (Wildman–Crippen LogP) is 1.63. The summed E-state index contributed by atoms with van der Waals surface area (Å²) in [5.74, 6) is -1.17. The van der Waals surface area contributed by atoms with Gasteiger partial charge in [-0.3, -0.25) is 0 Å². The van der Waals surface area contributed by atoms with Gasteiger partial charge < -0.3 is 20.6 Å². The number of amides is 2. The molecule has 0 aliphatic carbocycles. The number of aromatic carboxylic acids is 1. The van der Waals surface area contributed by atoms with Gasteiger partial charge in [-0.25, -0.2) is 14.6 Å². The molecule has 7 heteroatoms. The van der Waals surface area contributed by atoms with Gasteiger partial charge in [-0.1, -0.05) is 13.8 Å². The maximum absolute atomic E-state index is 11.8. The average Bonchev–Trinajstić information content (AvgIpc) is 2.46. The fraction of sp³-hybridized carbons (Fsp3) is 0.500. The highest BCUT2D eigenvalue weighted by Crippen LogP contribution is 2.11. The van der Waals surface area contributed by atoms with Crippen LogP contribution in [0.4, 0.5) is 10.5 Å². The van der Waals surface area contributed by atoms with Crippen molar-refractivity contribution in [2.24, 2.45) is 0 Å². The molecule has 1 heterocycles. The smallest absolute Gasteiger partial charge is 0.356 e. The molecule has 0 atom stereocenters. The van der Waals surface area contributed by atoms with E-state index < -0.39 is 12.0 Å². The van der Waals surface area contributed by atoms with Gasteiger partial charge in [0.15, 0.2) is 5.69 Å². The maximum Gasteiger partial charge on any atom is 0.356 e. The number of urea groups is 1. The highest BCUT2D eigenvalue weighted by atomic mass is 16.4. The maximum atomic E-state index is 11.8. The topological polar surface area (TPSA) is 94.6 Å². The molecule has 0 unspecified atom stereocenters. The van der Waals surface area contributed by atoms with E-state index in [1.54, 1.807) is 6.07 Å². The number of likely N-dealkylation sites (N-methyl/N-ethyl adjacent to an activating group) is 1. The van der Waals surface area contributed by atoms with E-state index in [-0.39, 0.29) is 11.4 Å². The van der Waals surface area contributed by atoms with Gasteiger partial charge in [-0.2, -0.15) is 0 Å². The number of aromatic nitrogens is 1. The van der Waals surface area contributed by atoms with Crippen LogP contribution in [0.2, 0.25) is 0 Å². The van der Waals surface area contributed by atoms with Gasteiger partial charge >= 0.3 is 12.0 Å². The van der Waals surface area contributed by atoms with Gasteiger partial charge in [0.2, 0.25) is 0 Å². The molecule has 7 nitrogen and oxygen atoms in total. The van der Waals surface area contributed by atoms with Crippen LogP contribution < -0.4 is 10.6 Å². The molecule has 1 aromatic heterocycles. The Bertz CT molecular complexity index is 479. The number of hydrogen-bond acceptors (Lipinski definition) is 4. The Morgan fingerprint density at radius 1 is 1.33 bits per heavy atom. The van der Waals surface area contributed by atoms with Crippen molar-refractivity contribution in [2.45, 2.75) is 20.3 Å². The second-order valence-corrected chi connectivity index (χ2v) is 4.52. The summed E-state index contributed by atoms with van der Waals surface area (Å²) in [6, 6.07) is 2.64. The summed E-state index contributed by atoms with van der Waals surface area (Å²) in [5, 5.41) is 14.2. The summed E-state index contributed by atoms with van der Waals surface area (Å²) < 4.78 is 0. The predicted molar refractivity (Wildman–Crippen MR) is 80.6 cm³/mol. The number of carbonyl (C=O) groups excluding carboxylic acids is 1. The van der Waals surface area contributed by atoms with Gasteiger partial charge in [0.05, 0.1) is 5.69 Å². The van der Waals surface area contributed by atoms with Gasteiger partial charge in [0.1, 0.15) is 0 Å². The van der Waals surface area contributed by atoms with Crippen LogP contribution in [-0.2, 0) is 0 Å². The summed E-state index contributed by atoms with van der Waals surface area (Å²) in [6.07, 6.45) is 2.44. The van der Waals surface area contributed by atoms with Crippen molar-refractivity contribution in [2.75, 3.05) is 31.5 Å². The van der Waals surface area contributed by atoms with Crippen molar-refractivity contribution in [3.8, 4) is 0 Å². The largest absolute Gasteiger partial charge is 0.476 e. The van der Waals surface area contributed by atoms with Crippen LogP contribution in [0, 0.1) is 0 Å². The third kappa shape index (κ3) is 5.78. The number of carboxylic acids is 1. The number of pyridine rings is 1. The molecule has 1 rings (SSSR count). The van der Waals surface area contributed by atoms with E-state index in [2.05, 4.69) is 34.4 Å². The van der Waals surface area contributed by atoms with E-state index in [1.165, 1.54) is 12.3 Å². The number of rotatable bonds is 8. The standard InChI is InChI=1S/C14H22N4O3/c1-3-9-18(4-2)10-8-16-14(21)17-11-6-5-7-15-12(11)13(19)20/h5-7H,3-4,8-10H2,1-2H3,(H,19,20)(H2,16,17,21). The zero-order chi connectivity index (χ0) is 15.7. The first-order valence-corrected chi connectivity index (χ1v) is 7.04. The lowest BCUT2D eigenvalue weighted by Crippen LogP contribution is -2.37. The first-order valence-electron chi connectivity index (χ1n) is 7.04. The molecule has 1 aromatic rings. The molecule has 2 amide bonds. The van der Waals surface area contributed by atoms with E-state index in [4.69, 9.17) is 5.11 Å². The molecule has 0 saturated carbocycles. The second-order valence-electron chi connectivity index (χ2n) is 4.52. The molecule has 21 heavy (non-hydrogen) atoms. The quantitative estimate of drug-likeness (QED) is 0.677. The molecule has 0 aliphatic rings. The van der Waals surface area contributed by atoms with Crippen LogP contribution in [0.25, 0.3) is 0 Å². The summed E-state index contributed by atoms with van der Waals surface area (Å²) in [7, 11) is 0. The highest BCUT2D eigenvalue weighted by molar-refractivity contribution is 5.98. The van der Waals surface area contributed by atoms with Crippen molar-refractivity contribution in [3.05, 3.63) is 24.0 Å². The van der Waals surface area contributed by atoms with Crippen LogP contribution in [-0.4, -0.2) is 53.2 Å². The fourth-order valence-corrected chi connectivity index (χ4v) is 1.91. The molecule has 0 aliphatic heterocycles. The molecule has 0 radical (unpaired) electrons. The summed E-state index contributed by atoms with van der Waals surface area (Å²) in [6.45, 7) is 7.37. The zero-order valence-electron chi connectivity index (χ0n) is 12.4. The van der Waals surface area contributed by atoms with Crippen molar-refractivity contribution in [1.29, 1.82) is 0 Å². The first kappa shape index (κ1) is 16.9. The number of carbonyl (C=O) groups is 2. The third-order valence-corrected chi connectivity index (χ3v) is 2.96. The minimum Gasteiger partial charge on any atom is -0.476 e. The average molecular weight is 294 g/mol. The van der Waals surface area contributed by atoms with E-state index in [0.29, 0.717) is 6.54 Å². The Morgan fingerprint density at radius 3 is 2.71 bits per heavy atom. The van der Waals surface area contributed by atoms with E-state index in [0.717, 1.165) is 26.1 Å². The van der Waals surface area contributed by atoms with Crippen LogP contribution >= 0.6 is 0 Å². The zero-order valence-corrected chi connectivity index (χ0v) is 12.4. The van der Waals surface area contributed by atoms with Crippen LogP contribution in [0.1, 0.15) is 30.8 Å².